The Hall–Kier alpha value is -1.92. The zero-order chi connectivity index (χ0) is 21.8. The van der Waals surface area contributed by atoms with Crippen LogP contribution < -0.4 is 10.9 Å². The predicted octanol–water partition coefficient (Wildman–Crippen LogP) is 4.10. The smallest absolute Gasteiger partial charge is 0.253 e. The highest BCUT2D eigenvalue weighted by Gasteiger charge is 2.27. The molecule has 0 radical (unpaired) electrons. The molecule has 2 atom stereocenters. The van der Waals surface area contributed by atoms with Gasteiger partial charge in [0.05, 0.1) is 12.1 Å². The summed E-state index contributed by atoms with van der Waals surface area (Å²) in [5.41, 5.74) is 3.99. The van der Waals surface area contributed by atoms with Gasteiger partial charge in [0, 0.05) is 24.2 Å². The molecule has 1 aliphatic rings. The minimum absolute atomic E-state index is 0.0219. The molecule has 1 aromatic heterocycles. The Morgan fingerprint density at radius 3 is 2.83 bits per heavy atom. The molecule has 2 N–H and O–H groups in total. The van der Waals surface area contributed by atoms with Crippen LogP contribution in [0.4, 0.5) is 0 Å². The SMILES string of the molecule is CC[C@H](C)NC(=S)N(Cc1cc2ccc(C)c(C)c2[nH]c1=O)C[C@H]1CCCN1CC. The number of pyridine rings is 1. The number of thiocarbonyl (C=S) groups is 1. The Bertz CT molecular complexity index is 954. The normalized spacial score (nSPS) is 18.0. The second-order valence-electron chi connectivity index (χ2n) is 8.66. The summed E-state index contributed by atoms with van der Waals surface area (Å²) in [4.78, 5) is 20.8. The summed E-state index contributed by atoms with van der Waals surface area (Å²) in [6.07, 6.45) is 3.42. The van der Waals surface area contributed by atoms with Crippen molar-refractivity contribution in [3.63, 3.8) is 0 Å². The fourth-order valence-corrected chi connectivity index (χ4v) is 4.63. The number of fused-ring (bicyclic) bond motifs is 1. The van der Waals surface area contributed by atoms with Crippen LogP contribution in [0.25, 0.3) is 10.9 Å². The molecular weight excluding hydrogens is 392 g/mol. The number of aromatic nitrogens is 1. The predicted molar refractivity (Wildman–Crippen MR) is 130 cm³/mol. The fraction of sp³-hybridized carbons (Fsp3) is 0.583. The lowest BCUT2D eigenvalue weighted by Crippen LogP contribution is -2.48. The molecule has 2 heterocycles. The maximum Gasteiger partial charge on any atom is 0.253 e. The van der Waals surface area contributed by atoms with Gasteiger partial charge in [-0.3, -0.25) is 9.69 Å². The van der Waals surface area contributed by atoms with Crippen LogP contribution in [0.2, 0.25) is 0 Å². The average Bonchev–Trinajstić information content (AvgIpc) is 3.18. The van der Waals surface area contributed by atoms with Gasteiger partial charge >= 0.3 is 0 Å². The average molecular weight is 429 g/mol. The molecule has 164 valence electrons. The Morgan fingerprint density at radius 1 is 1.37 bits per heavy atom. The number of hydrogen-bond donors (Lipinski definition) is 2. The van der Waals surface area contributed by atoms with E-state index in [4.69, 9.17) is 12.2 Å². The number of rotatable bonds is 7. The number of benzene rings is 1. The maximum atomic E-state index is 12.9. The third kappa shape index (κ3) is 5.03. The summed E-state index contributed by atoms with van der Waals surface area (Å²) in [5, 5.41) is 5.27. The molecule has 6 heteroatoms. The van der Waals surface area contributed by atoms with E-state index in [0.29, 0.717) is 18.6 Å². The van der Waals surface area contributed by atoms with Gasteiger partial charge in [-0.25, -0.2) is 0 Å². The highest BCUT2D eigenvalue weighted by Crippen LogP contribution is 2.21. The van der Waals surface area contributed by atoms with E-state index in [0.717, 1.165) is 53.2 Å². The Balaban J connectivity index is 1.89. The van der Waals surface area contributed by atoms with Gasteiger partial charge in [-0.15, -0.1) is 0 Å². The molecule has 0 bridgehead atoms. The van der Waals surface area contributed by atoms with Gasteiger partial charge in [0.2, 0.25) is 0 Å². The zero-order valence-corrected chi connectivity index (χ0v) is 19.9. The maximum absolute atomic E-state index is 12.9. The first-order valence-electron chi connectivity index (χ1n) is 11.3. The first-order valence-corrected chi connectivity index (χ1v) is 11.7. The van der Waals surface area contributed by atoms with E-state index >= 15 is 0 Å². The van der Waals surface area contributed by atoms with Crippen LogP contribution in [-0.2, 0) is 6.54 Å². The van der Waals surface area contributed by atoms with Gasteiger partial charge in [-0.2, -0.15) is 0 Å². The molecule has 0 unspecified atom stereocenters. The lowest BCUT2D eigenvalue weighted by Gasteiger charge is -2.33. The second kappa shape index (κ2) is 9.92. The van der Waals surface area contributed by atoms with Crippen molar-refractivity contribution in [2.75, 3.05) is 19.6 Å². The number of H-pyrrole nitrogens is 1. The number of hydrogen-bond acceptors (Lipinski definition) is 3. The van der Waals surface area contributed by atoms with Crippen molar-refractivity contribution < 1.29 is 0 Å². The van der Waals surface area contributed by atoms with Crippen LogP contribution in [0.15, 0.2) is 23.0 Å². The first kappa shape index (κ1) is 22.8. The molecule has 1 aromatic carbocycles. The molecule has 0 aliphatic carbocycles. The lowest BCUT2D eigenvalue weighted by molar-refractivity contribution is 0.218. The van der Waals surface area contributed by atoms with E-state index in [2.05, 4.69) is 66.9 Å². The second-order valence-corrected chi connectivity index (χ2v) is 9.05. The number of likely N-dealkylation sites (N-methyl/N-ethyl adjacent to an activating group) is 1. The van der Waals surface area contributed by atoms with E-state index in [1.54, 1.807) is 0 Å². The molecule has 1 fully saturated rings. The third-order valence-corrected chi connectivity index (χ3v) is 6.97. The van der Waals surface area contributed by atoms with Gasteiger partial charge in [-0.1, -0.05) is 26.0 Å². The molecule has 3 rings (SSSR count). The van der Waals surface area contributed by atoms with Gasteiger partial charge in [0.25, 0.3) is 5.56 Å². The van der Waals surface area contributed by atoms with Gasteiger partial charge in [-0.05, 0) is 87.9 Å². The topological polar surface area (TPSA) is 51.4 Å². The summed E-state index contributed by atoms with van der Waals surface area (Å²) in [6.45, 7) is 14.2. The quantitative estimate of drug-likeness (QED) is 0.650. The van der Waals surface area contributed by atoms with Crippen molar-refractivity contribution in [1.29, 1.82) is 0 Å². The fourth-order valence-electron chi connectivity index (χ4n) is 4.29. The van der Waals surface area contributed by atoms with Crippen molar-refractivity contribution in [3.05, 3.63) is 45.2 Å². The molecule has 0 amide bonds. The van der Waals surface area contributed by atoms with Gasteiger partial charge in [0.1, 0.15) is 0 Å². The molecule has 0 spiro atoms. The molecule has 1 aliphatic heterocycles. The summed E-state index contributed by atoms with van der Waals surface area (Å²) in [6, 6.07) is 7.03. The zero-order valence-electron chi connectivity index (χ0n) is 19.0. The van der Waals surface area contributed by atoms with Crippen LogP contribution in [0.3, 0.4) is 0 Å². The molecule has 30 heavy (non-hydrogen) atoms. The van der Waals surface area contributed by atoms with Crippen molar-refractivity contribution in [3.8, 4) is 0 Å². The minimum atomic E-state index is -0.0219. The van der Waals surface area contributed by atoms with Crippen molar-refractivity contribution in [1.82, 2.24) is 20.1 Å². The summed E-state index contributed by atoms with van der Waals surface area (Å²) < 4.78 is 0. The first-order chi connectivity index (χ1) is 14.3. The standard InChI is InChI=1S/C24H36N4OS/c1-6-17(4)25-24(30)28(15-21-9-8-12-27(21)7-2)14-20-13-19-11-10-16(3)18(5)22(19)26-23(20)29/h10-11,13,17,21H,6-9,12,14-15H2,1-5H3,(H,25,30)(H,26,29)/t17-,21+/m0/s1. The molecule has 2 aromatic rings. The van der Waals surface area contributed by atoms with Gasteiger partial charge in [0.15, 0.2) is 5.11 Å². The van der Waals surface area contributed by atoms with E-state index in [-0.39, 0.29) is 5.56 Å². The Morgan fingerprint density at radius 2 is 2.13 bits per heavy atom. The van der Waals surface area contributed by atoms with Crippen LogP contribution in [-0.4, -0.2) is 51.6 Å². The van der Waals surface area contributed by atoms with Crippen molar-refractivity contribution >= 4 is 28.2 Å². The van der Waals surface area contributed by atoms with E-state index in [9.17, 15) is 4.79 Å². The minimum Gasteiger partial charge on any atom is -0.360 e. The largest absolute Gasteiger partial charge is 0.360 e. The third-order valence-electron chi connectivity index (χ3n) is 6.60. The van der Waals surface area contributed by atoms with E-state index in [1.807, 2.05) is 6.07 Å². The number of likely N-dealkylation sites (tertiary alicyclic amines) is 1. The van der Waals surface area contributed by atoms with Crippen LogP contribution in [0, 0.1) is 13.8 Å². The molecule has 0 saturated carbocycles. The van der Waals surface area contributed by atoms with Gasteiger partial charge < -0.3 is 15.2 Å². The van der Waals surface area contributed by atoms with E-state index < -0.39 is 0 Å². The van der Waals surface area contributed by atoms with Crippen molar-refractivity contribution in [2.45, 2.75) is 72.5 Å². The summed E-state index contributed by atoms with van der Waals surface area (Å²) >= 11 is 5.79. The number of aromatic amines is 1. The van der Waals surface area contributed by atoms with E-state index in [1.165, 1.54) is 18.4 Å². The monoisotopic (exact) mass is 428 g/mol. The number of aryl methyl sites for hydroxylation is 2. The highest BCUT2D eigenvalue weighted by atomic mass is 32.1. The highest BCUT2D eigenvalue weighted by molar-refractivity contribution is 7.80. The summed E-state index contributed by atoms with van der Waals surface area (Å²) in [7, 11) is 0. The summed E-state index contributed by atoms with van der Waals surface area (Å²) in [5.74, 6) is 0. The van der Waals surface area contributed by atoms with Crippen LogP contribution in [0.1, 0.15) is 56.7 Å². The van der Waals surface area contributed by atoms with Crippen LogP contribution >= 0.6 is 12.2 Å². The Labute approximate surface area is 185 Å². The Kier molecular flexibility index (Phi) is 7.53. The number of nitrogens with one attached hydrogen (secondary N) is 2. The molecule has 5 nitrogen and oxygen atoms in total. The van der Waals surface area contributed by atoms with Crippen molar-refractivity contribution in [2.24, 2.45) is 0 Å². The molecule has 1 saturated heterocycles. The molecular formula is C24H36N4OS. The number of nitrogens with zero attached hydrogens (tertiary/aromatic N) is 2. The van der Waals surface area contributed by atoms with Crippen LogP contribution in [0.5, 0.6) is 0 Å². The lowest BCUT2D eigenvalue weighted by atomic mass is 10.0.